The van der Waals surface area contributed by atoms with Gasteiger partial charge in [-0.2, -0.15) is 5.10 Å². The molecule has 3 rings (SSSR count). The van der Waals surface area contributed by atoms with Gasteiger partial charge in [0.05, 0.1) is 12.4 Å². The Hall–Kier alpha value is -1.99. The van der Waals surface area contributed by atoms with Crippen LogP contribution < -0.4 is 0 Å². The molecule has 1 atom stereocenters. The van der Waals surface area contributed by atoms with Crippen molar-refractivity contribution in [2.45, 2.75) is 5.03 Å². The number of hydrogen-bond donors (Lipinski definition) is 2. The maximum atomic E-state index is 11.1. The Bertz CT molecular complexity index is 689. The van der Waals surface area contributed by atoms with E-state index in [1.165, 1.54) is 6.20 Å². The van der Waals surface area contributed by atoms with E-state index in [4.69, 9.17) is 4.55 Å². The van der Waals surface area contributed by atoms with Gasteiger partial charge in [-0.3, -0.25) is 9.50 Å². The molecule has 1 unspecified atom stereocenters. The molecule has 0 aliphatic carbocycles. The molecule has 0 aromatic carbocycles. The predicted octanol–water partition coefficient (Wildman–Crippen LogP) is 1.30. The van der Waals surface area contributed by atoms with Gasteiger partial charge >= 0.3 is 0 Å². The number of aromatic amines is 1. The Morgan fingerprint density at radius 1 is 1.29 bits per heavy atom. The molecule has 17 heavy (non-hydrogen) atoms. The molecule has 2 N–H and O–H groups in total. The summed E-state index contributed by atoms with van der Waals surface area (Å²) in [6, 6.07) is 3.68. The van der Waals surface area contributed by atoms with E-state index in [0.29, 0.717) is 5.65 Å². The summed E-state index contributed by atoms with van der Waals surface area (Å²) >= 11 is -2.05. The first-order valence-electron chi connectivity index (χ1n) is 4.83. The van der Waals surface area contributed by atoms with Crippen LogP contribution in [0.3, 0.4) is 0 Å². The molecule has 7 heteroatoms. The van der Waals surface area contributed by atoms with Crippen LogP contribution in [0.5, 0.6) is 0 Å². The van der Waals surface area contributed by atoms with Crippen molar-refractivity contribution in [3.63, 3.8) is 0 Å². The standard InChI is InChI=1S/C10H8N4O2S/c15-17(16)10-5-11-9-2-1-7(6-14(9)10)8-3-12-13-4-8/h1-6H,(H,12,13)(H,15,16). The fourth-order valence-corrected chi connectivity index (χ4v) is 2.12. The second-order valence-electron chi connectivity index (χ2n) is 3.48. The van der Waals surface area contributed by atoms with Crippen molar-refractivity contribution in [3.8, 4) is 11.1 Å². The zero-order valence-electron chi connectivity index (χ0n) is 8.57. The molecule has 3 aromatic rings. The summed E-state index contributed by atoms with van der Waals surface area (Å²) in [5.41, 5.74) is 2.45. The Morgan fingerprint density at radius 3 is 2.88 bits per heavy atom. The number of nitrogens with one attached hydrogen (secondary N) is 1. The molecule has 3 heterocycles. The lowest BCUT2D eigenvalue weighted by Crippen LogP contribution is -1.95. The quantitative estimate of drug-likeness (QED) is 0.670. The third-order valence-electron chi connectivity index (χ3n) is 2.48. The maximum absolute atomic E-state index is 11.1. The van der Waals surface area contributed by atoms with Crippen LogP contribution in [0, 0.1) is 0 Å². The van der Waals surface area contributed by atoms with Gasteiger partial charge in [0.15, 0.2) is 5.03 Å². The van der Waals surface area contributed by atoms with Gasteiger partial charge < -0.3 is 4.55 Å². The van der Waals surface area contributed by atoms with Gasteiger partial charge in [0.25, 0.3) is 0 Å². The average molecular weight is 248 g/mol. The van der Waals surface area contributed by atoms with Crippen LogP contribution in [-0.4, -0.2) is 28.3 Å². The molecule has 0 amide bonds. The van der Waals surface area contributed by atoms with Crippen molar-refractivity contribution in [1.29, 1.82) is 0 Å². The van der Waals surface area contributed by atoms with E-state index in [2.05, 4.69) is 15.2 Å². The number of rotatable bonds is 2. The summed E-state index contributed by atoms with van der Waals surface area (Å²) in [4.78, 5) is 4.05. The van der Waals surface area contributed by atoms with Crippen molar-refractivity contribution < 1.29 is 8.76 Å². The van der Waals surface area contributed by atoms with E-state index in [1.54, 1.807) is 29.1 Å². The van der Waals surface area contributed by atoms with Crippen LogP contribution in [0.15, 0.2) is 41.9 Å². The minimum atomic E-state index is -2.05. The molecule has 86 valence electrons. The summed E-state index contributed by atoms with van der Waals surface area (Å²) in [7, 11) is 0. The predicted molar refractivity (Wildman–Crippen MR) is 61.8 cm³/mol. The molecule has 0 bridgehead atoms. The van der Waals surface area contributed by atoms with Gasteiger partial charge in [-0.1, -0.05) is 0 Å². The largest absolute Gasteiger partial charge is 0.301 e. The van der Waals surface area contributed by atoms with Crippen molar-refractivity contribution in [2.75, 3.05) is 0 Å². The Labute approximate surface area is 98.6 Å². The first kappa shape index (κ1) is 10.2. The molecule has 3 aromatic heterocycles. The highest BCUT2D eigenvalue weighted by Gasteiger charge is 2.09. The van der Waals surface area contributed by atoms with Crippen LogP contribution in [-0.2, 0) is 11.1 Å². The Balaban J connectivity index is 2.24. The lowest BCUT2D eigenvalue weighted by molar-refractivity contribution is 0.559. The number of hydrogen-bond acceptors (Lipinski definition) is 3. The van der Waals surface area contributed by atoms with E-state index < -0.39 is 11.1 Å². The lowest BCUT2D eigenvalue weighted by Gasteiger charge is -2.01. The van der Waals surface area contributed by atoms with Crippen molar-refractivity contribution in [2.24, 2.45) is 0 Å². The SMILES string of the molecule is O=S(O)c1cnc2ccc(-c3cn[nH]c3)cn12. The highest BCUT2D eigenvalue weighted by molar-refractivity contribution is 7.79. The number of nitrogens with zero attached hydrogens (tertiary/aromatic N) is 3. The molecule has 0 radical (unpaired) electrons. The lowest BCUT2D eigenvalue weighted by atomic mass is 10.2. The molecular formula is C10H8N4O2S. The normalized spacial score (nSPS) is 13.0. The third kappa shape index (κ3) is 1.65. The molecule has 0 spiro atoms. The second kappa shape index (κ2) is 3.79. The van der Waals surface area contributed by atoms with Crippen LogP contribution in [0.1, 0.15) is 0 Å². The van der Waals surface area contributed by atoms with E-state index in [0.717, 1.165) is 11.1 Å². The molecule has 0 fully saturated rings. The zero-order chi connectivity index (χ0) is 11.8. The molecule has 0 saturated carbocycles. The maximum Gasteiger partial charge on any atom is 0.205 e. The van der Waals surface area contributed by atoms with Crippen LogP contribution in [0.2, 0.25) is 0 Å². The summed E-state index contributed by atoms with van der Waals surface area (Å²) in [5.74, 6) is 0. The van der Waals surface area contributed by atoms with Crippen LogP contribution in [0.4, 0.5) is 0 Å². The average Bonchev–Trinajstić information content (AvgIpc) is 2.97. The van der Waals surface area contributed by atoms with Gasteiger partial charge in [0.1, 0.15) is 5.65 Å². The van der Waals surface area contributed by atoms with Crippen LogP contribution in [0.25, 0.3) is 16.8 Å². The summed E-state index contributed by atoms with van der Waals surface area (Å²) in [5, 5.41) is 6.84. The van der Waals surface area contributed by atoms with Gasteiger partial charge in [0, 0.05) is 23.5 Å². The fourth-order valence-electron chi connectivity index (χ4n) is 1.67. The minimum Gasteiger partial charge on any atom is -0.301 e. The first-order chi connectivity index (χ1) is 8.25. The Kier molecular flexibility index (Phi) is 2.27. The van der Waals surface area contributed by atoms with Gasteiger partial charge in [-0.05, 0) is 12.1 Å². The summed E-state index contributed by atoms with van der Waals surface area (Å²) < 4.78 is 21.8. The van der Waals surface area contributed by atoms with Gasteiger partial charge in [-0.25, -0.2) is 9.19 Å². The Morgan fingerprint density at radius 2 is 2.18 bits per heavy atom. The number of imidazole rings is 1. The fraction of sp³-hybridized carbons (Fsp3) is 0. The molecule has 0 aliphatic heterocycles. The van der Waals surface area contributed by atoms with Crippen molar-refractivity contribution in [3.05, 3.63) is 36.9 Å². The summed E-state index contributed by atoms with van der Waals surface area (Å²) in [6.07, 6.45) is 6.60. The van der Waals surface area contributed by atoms with E-state index in [1.807, 2.05) is 6.07 Å². The van der Waals surface area contributed by atoms with Gasteiger partial charge in [-0.15, -0.1) is 0 Å². The highest BCUT2D eigenvalue weighted by atomic mass is 32.2. The molecule has 6 nitrogen and oxygen atoms in total. The van der Waals surface area contributed by atoms with E-state index in [9.17, 15) is 4.21 Å². The first-order valence-corrected chi connectivity index (χ1v) is 5.93. The zero-order valence-corrected chi connectivity index (χ0v) is 9.39. The highest BCUT2D eigenvalue weighted by Crippen LogP contribution is 2.20. The number of pyridine rings is 1. The van der Waals surface area contributed by atoms with Crippen LogP contribution >= 0.6 is 0 Å². The third-order valence-corrected chi connectivity index (χ3v) is 3.14. The van der Waals surface area contributed by atoms with Crippen molar-refractivity contribution in [1.82, 2.24) is 19.6 Å². The topological polar surface area (TPSA) is 83.3 Å². The van der Waals surface area contributed by atoms with Crippen molar-refractivity contribution >= 4 is 16.7 Å². The number of aromatic nitrogens is 4. The van der Waals surface area contributed by atoms with E-state index >= 15 is 0 Å². The second-order valence-corrected chi connectivity index (χ2v) is 4.40. The summed E-state index contributed by atoms with van der Waals surface area (Å²) in [6.45, 7) is 0. The molecule has 0 aliphatic rings. The number of H-pyrrole nitrogens is 1. The smallest absolute Gasteiger partial charge is 0.205 e. The monoisotopic (exact) mass is 248 g/mol. The minimum absolute atomic E-state index is 0.255. The van der Waals surface area contributed by atoms with Gasteiger partial charge in [0.2, 0.25) is 11.1 Å². The molecule has 0 saturated heterocycles. The van der Waals surface area contributed by atoms with E-state index in [-0.39, 0.29) is 5.03 Å². The molecular weight excluding hydrogens is 240 g/mol. The number of fused-ring (bicyclic) bond motifs is 1.